The molecule has 20 heteroatoms. The third-order valence-electron chi connectivity index (χ3n) is 5.20. The largest absolute Gasteiger partial charge is 1.00 e. The molecule has 0 spiro atoms. The minimum atomic E-state index is -5.32. The van der Waals surface area contributed by atoms with Crippen LogP contribution in [-0.4, -0.2) is 51.9 Å². The minimum absolute atomic E-state index is 0. The number of hydrogen-bond donors (Lipinski definition) is 0. The molecule has 0 heterocycles. The molecule has 12 nitrogen and oxygen atoms in total. The zero-order valence-corrected chi connectivity index (χ0v) is 34.0. The summed E-state index contributed by atoms with van der Waals surface area (Å²) in [5.74, 6) is 0. The Hall–Kier alpha value is 1.04. The van der Waals surface area contributed by atoms with Gasteiger partial charge in [-0.1, -0.05) is 84.9 Å². The summed E-state index contributed by atoms with van der Waals surface area (Å²) in [5.41, 5.74) is -0.633. The van der Waals surface area contributed by atoms with E-state index in [9.17, 15) is 51.9 Å². The van der Waals surface area contributed by atoms with Gasteiger partial charge in [-0.2, -0.15) is 0 Å². The average Bonchev–Trinajstić information content (AvgIpc) is 2.76. The van der Waals surface area contributed by atoms with Crippen molar-refractivity contribution in [3.8, 4) is 0 Å². The zero-order valence-electron chi connectivity index (χ0n) is 22.8. The number of hydrogen-bond acceptors (Lipinski definition) is 12. The van der Waals surface area contributed by atoms with Gasteiger partial charge in [0, 0.05) is 0 Å². The van der Waals surface area contributed by atoms with Crippen LogP contribution >= 0.6 is 0 Å². The first-order valence-electron chi connectivity index (χ1n) is 10.2. The predicted molar refractivity (Wildman–Crippen MR) is 132 cm³/mol. The summed E-state index contributed by atoms with van der Waals surface area (Å²) in [6, 6.07) is 20.9. The van der Waals surface area contributed by atoms with Crippen LogP contribution in [0.1, 0.15) is 20.3 Å². The van der Waals surface area contributed by atoms with Gasteiger partial charge in [0.15, 0.2) is 9.16 Å². The molecule has 0 saturated heterocycles. The third-order valence-corrected chi connectivity index (χ3v) is 11.1. The predicted octanol–water partition coefficient (Wildman–Crippen LogP) is -10.1. The quantitative estimate of drug-likeness (QED) is 0.136. The summed E-state index contributed by atoms with van der Waals surface area (Å²) in [6.45, 7) is 0. The first-order valence-corrected chi connectivity index (χ1v) is 16.0. The van der Waals surface area contributed by atoms with Crippen LogP contribution < -0.4 is 118 Å². The Morgan fingerprint density at radius 3 is 0.881 bits per heavy atom. The van der Waals surface area contributed by atoms with Crippen LogP contribution in [-0.2, 0) is 40.5 Å². The van der Waals surface area contributed by atoms with Crippen LogP contribution in [0.25, 0.3) is 21.5 Å². The SMILES string of the molecule is O=S(=O)([O-])C(c1cccc2ccccc12)S(=O)(=O)[O-].O=S(=O)([O-])C(c1cccc2ccccc12)S(=O)(=O)[O-].[Na+].[Na+].[Na+].[Na+]. The van der Waals surface area contributed by atoms with Crippen LogP contribution in [0.3, 0.4) is 0 Å². The van der Waals surface area contributed by atoms with E-state index in [0.717, 1.165) is 12.1 Å². The molecular formula is C22H16Na4O12S4. The molecule has 0 N–H and O–H groups in total. The fourth-order valence-electron chi connectivity index (χ4n) is 3.82. The molecule has 0 aliphatic heterocycles. The van der Waals surface area contributed by atoms with Gasteiger partial charge in [-0.3, -0.25) is 0 Å². The maximum absolute atomic E-state index is 11.1. The summed E-state index contributed by atoms with van der Waals surface area (Å²) < 4.78 is 128. The Morgan fingerprint density at radius 2 is 0.619 bits per heavy atom. The molecule has 0 radical (unpaired) electrons. The van der Waals surface area contributed by atoms with Crippen molar-refractivity contribution < 1.29 is 170 Å². The molecule has 42 heavy (non-hydrogen) atoms. The first kappa shape index (κ1) is 45.2. The first-order chi connectivity index (χ1) is 17.4. The Balaban J connectivity index is 0. The van der Waals surface area contributed by atoms with Gasteiger partial charge in [0.25, 0.3) is 0 Å². The van der Waals surface area contributed by atoms with Crippen molar-refractivity contribution in [2.75, 3.05) is 0 Å². The molecule has 0 amide bonds. The van der Waals surface area contributed by atoms with Crippen molar-refractivity contribution >= 4 is 62.0 Å². The second kappa shape index (κ2) is 17.8. The molecule has 4 rings (SSSR count). The van der Waals surface area contributed by atoms with Crippen LogP contribution in [0, 0.1) is 0 Å². The summed E-state index contributed by atoms with van der Waals surface area (Å²) in [4.78, 5) is 0. The third kappa shape index (κ3) is 11.7. The number of rotatable bonds is 6. The summed E-state index contributed by atoms with van der Waals surface area (Å²) in [7, 11) is -21.3. The Labute approximate surface area is 332 Å². The molecule has 0 atom stereocenters. The van der Waals surface area contributed by atoms with E-state index >= 15 is 0 Å². The second-order valence-corrected chi connectivity index (χ2v) is 14.2. The standard InChI is InChI=1S/2C11H10O6S2.4Na/c2*12-18(13,14)11(19(15,16)17)10-7-3-5-8-4-1-2-6-9(8)10;;;;/h2*1-7,11H,(H,12,13,14)(H,15,16,17);;;;/q;;4*+1/p-4. The molecule has 0 fully saturated rings. The van der Waals surface area contributed by atoms with Gasteiger partial charge in [0.05, 0.1) is 0 Å². The van der Waals surface area contributed by atoms with Crippen LogP contribution in [0.2, 0.25) is 0 Å². The molecular weight excluding hydrogens is 676 g/mol. The number of benzene rings is 4. The molecule has 4 aromatic carbocycles. The van der Waals surface area contributed by atoms with E-state index in [1.54, 1.807) is 48.5 Å². The Bertz CT molecular complexity index is 1730. The van der Waals surface area contributed by atoms with Crippen LogP contribution in [0.5, 0.6) is 0 Å². The maximum atomic E-state index is 11.1. The summed E-state index contributed by atoms with van der Waals surface area (Å²) in [5, 5.41) is 1.57. The monoisotopic (exact) mass is 692 g/mol. The van der Waals surface area contributed by atoms with Gasteiger partial charge in [0.1, 0.15) is 40.5 Å². The van der Waals surface area contributed by atoms with Crippen molar-refractivity contribution in [2.45, 2.75) is 9.16 Å². The van der Waals surface area contributed by atoms with Crippen molar-refractivity contribution in [1.82, 2.24) is 0 Å². The summed E-state index contributed by atoms with van der Waals surface area (Å²) >= 11 is 0. The molecule has 0 aromatic heterocycles. The van der Waals surface area contributed by atoms with Gasteiger partial charge >= 0.3 is 118 Å². The fourth-order valence-corrected chi connectivity index (χ4v) is 8.20. The van der Waals surface area contributed by atoms with Crippen LogP contribution in [0.4, 0.5) is 0 Å². The molecule has 0 saturated carbocycles. The molecule has 0 bridgehead atoms. The van der Waals surface area contributed by atoms with E-state index < -0.39 is 49.6 Å². The van der Waals surface area contributed by atoms with E-state index in [1.807, 2.05) is 0 Å². The molecule has 204 valence electrons. The minimum Gasteiger partial charge on any atom is -0.747 e. The summed E-state index contributed by atoms with van der Waals surface area (Å²) in [6.07, 6.45) is 0. The smallest absolute Gasteiger partial charge is 0.747 e. The van der Waals surface area contributed by atoms with Gasteiger partial charge < -0.3 is 18.2 Å². The topological polar surface area (TPSA) is 229 Å². The van der Waals surface area contributed by atoms with E-state index in [4.69, 9.17) is 0 Å². The van der Waals surface area contributed by atoms with E-state index in [-0.39, 0.29) is 140 Å². The Kier molecular flexibility index (Phi) is 19.2. The van der Waals surface area contributed by atoms with E-state index in [0.29, 0.717) is 10.8 Å². The normalized spacial score (nSPS) is 11.8. The van der Waals surface area contributed by atoms with Crippen molar-refractivity contribution in [1.29, 1.82) is 0 Å². The fraction of sp³-hybridized carbons (Fsp3) is 0.0909. The van der Waals surface area contributed by atoms with Crippen LogP contribution in [0.15, 0.2) is 84.9 Å². The van der Waals surface area contributed by atoms with Crippen molar-refractivity contribution in [3.63, 3.8) is 0 Å². The van der Waals surface area contributed by atoms with E-state index in [1.165, 1.54) is 24.3 Å². The van der Waals surface area contributed by atoms with Crippen molar-refractivity contribution in [3.05, 3.63) is 96.1 Å². The molecule has 0 unspecified atom stereocenters. The molecule has 4 aromatic rings. The molecule has 0 aliphatic carbocycles. The van der Waals surface area contributed by atoms with Gasteiger partial charge in [-0.25, -0.2) is 33.7 Å². The zero-order chi connectivity index (χ0) is 28.5. The number of fused-ring (bicyclic) bond motifs is 2. The average molecular weight is 693 g/mol. The van der Waals surface area contributed by atoms with Crippen molar-refractivity contribution in [2.24, 2.45) is 0 Å². The maximum Gasteiger partial charge on any atom is 1.00 e. The Morgan fingerprint density at radius 1 is 0.381 bits per heavy atom. The second-order valence-electron chi connectivity index (χ2n) is 7.77. The van der Waals surface area contributed by atoms with Gasteiger partial charge in [0.2, 0.25) is 0 Å². The van der Waals surface area contributed by atoms with Gasteiger partial charge in [-0.05, 0) is 32.7 Å². The molecule has 0 aliphatic rings. The van der Waals surface area contributed by atoms with E-state index in [2.05, 4.69) is 0 Å². The van der Waals surface area contributed by atoms with Gasteiger partial charge in [-0.15, -0.1) is 0 Å².